The van der Waals surface area contributed by atoms with Crippen molar-refractivity contribution in [1.82, 2.24) is 10.2 Å². The third-order valence-electron chi connectivity index (χ3n) is 6.51. The minimum absolute atomic E-state index is 0.0703. The monoisotopic (exact) mass is 569 g/mol. The molecule has 9 heteroatoms. The first-order valence-electron chi connectivity index (χ1n) is 12.9. The van der Waals surface area contributed by atoms with Gasteiger partial charge in [0.05, 0.1) is 10.6 Å². The number of nitrogens with zero attached hydrogens (tertiary/aromatic N) is 2. The summed E-state index contributed by atoms with van der Waals surface area (Å²) in [4.78, 5) is 28.6. The Morgan fingerprint density at radius 3 is 2.15 bits per heavy atom. The van der Waals surface area contributed by atoms with Crippen molar-refractivity contribution < 1.29 is 18.0 Å². The van der Waals surface area contributed by atoms with Crippen molar-refractivity contribution >= 4 is 39.1 Å². The van der Waals surface area contributed by atoms with E-state index in [4.69, 9.17) is 11.6 Å². The Hall–Kier alpha value is -3.36. The highest BCUT2D eigenvalue weighted by molar-refractivity contribution is 7.92. The summed E-state index contributed by atoms with van der Waals surface area (Å²) in [7, 11) is -4.10. The SMILES string of the molecule is CC[C@H](C)NC(=O)[C@H](C)N(Cc1cccc(Cl)c1)C(=O)CN(c1cc(C)cc(C)c1)S(=O)(=O)c1ccccc1. The van der Waals surface area contributed by atoms with E-state index in [1.54, 1.807) is 55.5 Å². The molecular formula is C30H36ClN3O4S. The van der Waals surface area contributed by atoms with Crippen molar-refractivity contribution in [3.8, 4) is 0 Å². The second kappa shape index (κ2) is 13.1. The van der Waals surface area contributed by atoms with Crippen molar-refractivity contribution in [3.05, 3.63) is 94.5 Å². The lowest BCUT2D eigenvalue weighted by Crippen LogP contribution is -2.52. The lowest BCUT2D eigenvalue weighted by atomic mass is 10.1. The Morgan fingerprint density at radius 1 is 0.923 bits per heavy atom. The van der Waals surface area contributed by atoms with Crippen LogP contribution in [-0.2, 0) is 26.2 Å². The molecule has 0 aliphatic carbocycles. The highest BCUT2D eigenvalue weighted by Crippen LogP contribution is 2.27. The molecule has 0 saturated heterocycles. The van der Waals surface area contributed by atoms with Gasteiger partial charge in [-0.05, 0) is 87.2 Å². The molecule has 3 aromatic rings. The molecule has 0 aromatic heterocycles. The van der Waals surface area contributed by atoms with Crippen molar-refractivity contribution in [2.45, 2.75) is 64.6 Å². The molecule has 7 nitrogen and oxygen atoms in total. The third kappa shape index (κ3) is 7.83. The van der Waals surface area contributed by atoms with Crippen LogP contribution in [0.1, 0.15) is 43.9 Å². The third-order valence-corrected chi connectivity index (χ3v) is 8.54. The normalized spacial score (nSPS) is 12.9. The van der Waals surface area contributed by atoms with Gasteiger partial charge in [0.1, 0.15) is 12.6 Å². The minimum Gasteiger partial charge on any atom is -0.352 e. The maximum absolute atomic E-state index is 14.0. The van der Waals surface area contributed by atoms with Crippen molar-refractivity contribution in [3.63, 3.8) is 0 Å². The van der Waals surface area contributed by atoms with Crippen LogP contribution in [0.5, 0.6) is 0 Å². The first-order chi connectivity index (χ1) is 18.4. The minimum atomic E-state index is -4.10. The highest BCUT2D eigenvalue weighted by Gasteiger charge is 2.33. The van der Waals surface area contributed by atoms with Gasteiger partial charge in [-0.3, -0.25) is 13.9 Å². The van der Waals surface area contributed by atoms with E-state index in [0.717, 1.165) is 27.4 Å². The van der Waals surface area contributed by atoms with Gasteiger partial charge in [-0.2, -0.15) is 0 Å². The van der Waals surface area contributed by atoms with E-state index in [1.165, 1.54) is 17.0 Å². The maximum atomic E-state index is 14.0. The fourth-order valence-electron chi connectivity index (χ4n) is 4.22. The molecule has 0 aliphatic rings. The summed E-state index contributed by atoms with van der Waals surface area (Å²) in [5.74, 6) is -0.830. The lowest BCUT2D eigenvalue weighted by molar-refractivity contribution is -0.139. The molecule has 2 amide bonds. The number of carbonyl (C=O) groups is 2. The second-order valence-electron chi connectivity index (χ2n) is 9.82. The van der Waals surface area contributed by atoms with Crippen molar-refractivity contribution in [1.29, 1.82) is 0 Å². The summed E-state index contributed by atoms with van der Waals surface area (Å²) in [6.07, 6.45) is 0.733. The van der Waals surface area contributed by atoms with E-state index in [2.05, 4.69) is 5.32 Å². The van der Waals surface area contributed by atoms with Crippen LogP contribution in [0, 0.1) is 13.8 Å². The van der Waals surface area contributed by atoms with Crippen LogP contribution in [0.25, 0.3) is 0 Å². The topological polar surface area (TPSA) is 86.8 Å². The molecule has 0 spiro atoms. The predicted octanol–water partition coefficient (Wildman–Crippen LogP) is 5.48. The van der Waals surface area contributed by atoms with Crippen LogP contribution < -0.4 is 9.62 Å². The van der Waals surface area contributed by atoms with Gasteiger partial charge in [0.15, 0.2) is 0 Å². The van der Waals surface area contributed by atoms with E-state index < -0.39 is 28.5 Å². The average molecular weight is 570 g/mol. The number of hydrogen-bond donors (Lipinski definition) is 1. The Balaban J connectivity index is 2.05. The van der Waals surface area contributed by atoms with Crippen molar-refractivity contribution in [2.24, 2.45) is 0 Å². The molecule has 0 bridgehead atoms. The number of hydrogen-bond acceptors (Lipinski definition) is 4. The summed E-state index contributed by atoms with van der Waals surface area (Å²) in [6.45, 7) is 8.84. The van der Waals surface area contributed by atoms with Gasteiger partial charge in [0.25, 0.3) is 10.0 Å². The first-order valence-corrected chi connectivity index (χ1v) is 14.7. The van der Waals surface area contributed by atoms with Gasteiger partial charge in [0, 0.05) is 17.6 Å². The summed E-state index contributed by atoms with van der Waals surface area (Å²) < 4.78 is 28.8. The fraction of sp³-hybridized carbons (Fsp3) is 0.333. The number of halogens is 1. The molecule has 0 saturated carbocycles. The maximum Gasteiger partial charge on any atom is 0.264 e. The van der Waals surface area contributed by atoms with Crippen molar-refractivity contribution in [2.75, 3.05) is 10.8 Å². The largest absolute Gasteiger partial charge is 0.352 e. The van der Waals surface area contributed by atoms with Crippen LogP contribution in [-0.4, -0.2) is 43.8 Å². The van der Waals surface area contributed by atoms with Crippen LogP contribution in [0.15, 0.2) is 77.7 Å². The standard InChI is InChI=1S/C30H36ClN3O4S/c1-6-23(4)32-30(36)24(5)33(19-25-11-10-12-26(31)18-25)29(35)20-34(27-16-21(2)15-22(3)17-27)39(37,38)28-13-8-7-9-14-28/h7-18,23-24H,6,19-20H2,1-5H3,(H,32,36)/t23-,24-/m0/s1. The van der Waals surface area contributed by atoms with Crippen LogP contribution in [0.4, 0.5) is 5.69 Å². The smallest absolute Gasteiger partial charge is 0.264 e. The van der Waals surface area contributed by atoms with Crippen LogP contribution >= 0.6 is 11.6 Å². The number of aryl methyl sites for hydroxylation is 2. The fourth-order valence-corrected chi connectivity index (χ4v) is 5.86. The molecule has 3 aromatic carbocycles. The molecule has 2 atom stereocenters. The quantitative estimate of drug-likeness (QED) is 0.331. The number of nitrogens with one attached hydrogen (secondary N) is 1. The van der Waals surface area contributed by atoms with Gasteiger partial charge < -0.3 is 10.2 Å². The van der Waals surface area contributed by atoms with Gasteiger partial charge in [-0.15, -0.1) is 0 Å². The van der Waals surface area contributed by atoms with E-state index in [9.17, 15) is 18.0 Å². The lowest BCUT2D eigenvalue weighted by Gasteiger charge is -2.32. The average Bonchev–Trinajstić information content (AvgIpc) is 2.89. The Kier molecular flexibility index (Phi) is 10.2. The first kappa shape index (κ1) is 30.2. The zero-order chi connectivity index (χ0) is 28.7. The Morgan fingerprint density at radius 2 is 1.56 bits per heavy atom. The summed E-state index contributed by atoms with van der Waals surface area (Å²) in [5, 5.41) is 3.43. The van der Waals surface area contributed by atoms with E-state index in [-0.39, 0.29) is 23.4 Å². The molecule has 3 rings (SSSR count). The van der Waals surface area contributed by atoms with Crippen LogP contribution in [0.2, 0.25) is 5.02 Å². The van der Waals surface area contributed by atoms with Crippen LogP contribution in [0.3, 0.4) is 0 Å². The molecule has 0 unspecified atom stereocenters. The van der Waals surface area contributed by atoms with E-state index in [1.807, 2.05) is 39.8 Å². The Labute approximate surface area is 236 Å². The molecule has 0 heterocycles. The second-order valence-corrected chi connectivity index (χ2v) is 12.1. The van der Waals surface area contributed by atoms with Gasteiger partial charge in [-0.25, -0.2) is 8.42 Å². The van der Waals surface area contributed by atoms with E-state index in [0.29, 0.717) is 10.7 Å². The molecule has 0 radical (unpaired) electrons. The summed E-state index contributed by atoms with van der Waals surface area (Å²) in [5.41, 5.74) is 2.83. The number of sulfonamides is 1. The van der Waals surface area contributed by atoms with Gasteiger partial charge >= 0.3 is 0 Å². The molecule has 208 valence electrons. The molecule has 39 heavy (non-hydrogen) atoms. The molecule has 0 aliphatic heterocycles. The highest BCUT2D eigenvalue weighted by atomic mass is 35.5. The number of carbonyl (C=O) groups excluding carboxylic acids is 2. The summed E-state index contributed by atoms with van der Waals surface area (Å²) in [6, 6.07) is 19.5. The number of benzene rings is 3. The predicted molar refractivity (Wildman–Crippen MR) is 156 cm³/mol. The summed E-state index contributed by atoms with van der Waals surface area (Å²) >= 11 is 6.19. The van der Waals surface area contributed by atoms with Gasteiger partial charge in [0.2, 0.25) is 11.8 Å². The number of rotatable bonds is 11. The van der Waals surface area contributed by atoms with Gasteiger partial charge in [-0.1, -0.05) is 54.9 Å². The molecular weight excluding hydrogens is 534 g/mol. The number of anilines is 1. The zero-order valence-electron chi connectivity index (χ0n) is 23.0. The number of amides is 2. The molecule has 1 N–H and O–H groups in total. The zero-order valence-corrected chi connectivity index (χ0v) is 24.6. The molecule has 0 fully saturated rings. The Bertz CT molecular complexity index is 1390. The van der Waals surface area contributed by atoms with E-state index >= 15 is 0 Å².